The normalized spacial score (nSPS) is 12.2. The van der Waals surface area contributed by atoms with Crippen LogP contribution in [0.3, 0.4) is 0 Å². The summed E-state index contributed by atoms with van der Waals surface area (Å²) in [5.74, 6) is 0. The van der Waals surface area contributed by atoms with Crippen molar-refractivity contribution in [2.75, 3.05) is 19.7 Å². The van der Waals surface area contributed by atoms with Crippen LogP contribution in [0.1, 0.15) is 22.4 Å². The van der Waals surface area contributed by atoms with Crippen LogP contribution in [0.25, 0.3) is 0 Å². The summed E-state index contributed by atoms with van der Waals surface area (Å²) in [6.45, 7) is 9.70. The van der Waals surface area contributed by atoms with Crippen molar-refractivity contribution < 1.29 is 9.84 Å². The second kappa shape index (κ2) is 11.5. The molecular formula is C26H32N2O2. The van der Waals surface area contributed by atoms with E-state index in [4.69, 9.17) is 4.74 Å². The Morgan fingerprint density at radius 1 is 1.07 bits per heavy atom. The van der Waals surface area contributed by atoms with Gasteiger partial charge in [-0.2, -0.15) is 0 Å². The molecule has 0 spiro atoms. The van der Waals surface area contributed by atoms with Crippen molar-refractivity contribution in [2.24, 2.45) is 0 Å². The molecule has 0 aliphatic heterocycles. The zero-order valence-corrected chi connectivity index (χ0v) is 17.8. The van der Waals surface area contributed by atoms with Crippen LogP contribution in [-0.4, -0.2) is 40.4 Å². The molecule has 0 radical (unpaired) electrons. The van der Waals surface area contributed by atoms with Crippen LogP contribution in [0.15, 0.2) is 85.6 Å². The number of hydrogen-bond acceptors (Lipinski definition) is 3. The zero-order valence-electron chi connectivity index (χ0n) is 17.8. The summed E-state index contributed by atoms with van der Waals surface area (Å²) < 4.78 is 7.98. The Morgan fingerprint density at radius 3 is 2.60 bits per heavy atom. The molecule has 0 bridgehead atoms. The van der Waals surface area contributed by atoms with Crippen molar-refractivity contribution in [3.05, 3.63) is 108 Å². The van der Waals surface area contributed by atoms with Crippen LogP contribution >= 0.6 is 0 Å². The van der Waals surface area contributed by atoms with E-state index in [1.54, 1.807) is 0 Å². The molecule has 1 heterocycles. The monoisotopic (exact) mass is 404 g/mol. The molecule has 158 valence electrons. The molecule has 3 aromatic rings. The number of rotatable bonds is 12. The standard InChI is InChI=1S/C26H32N2O2/c1-3-15-27(19-26(29)21-30-20-23-11-5-4-6-12-23)18-25-14-9-16-28(25)17-24-13-8-7-10-22(24)2/h3-14,16,26,29H,1,15,17-21H2,2H3/t26-/m1/s1. The molecule has 0 amide bonds. The molecule has 0 unspecified atom stereocenters. The van der Waals surface area contributed by atoms with Crippen molar-refractivity contribution in [1.29, 1.82) is 0 Å². The molecule has 4 heteroatoms. The van der Waals surface area contributed by atoms with Gasteiger partial charge < -0.3 is 14.4 Å². The maximum absolute atomic E-state index is 10.5. The van der Waals surface area contributed by atoms with Crippen LogP contribution in [0, 0.1) is 6.92 Å². The number of aromatic nitrogens is 1. The summed E-state index contributed by atoms with van der Waals surface area (Å²) in [5, 5.41) is 10.5. The first kappa shape index (κ1) is 22.0. The first-order valence-electron chi connectivity index (χ1n) is 10.5. The highest BCUT2D eigenvalue weighted by atomic mass is 16.5. The maximum atomic E-state index is 10.5. The number of ether oxygens (including phenoxy) is 1. The van der Waals surface area contributed by atoms with Crippen LogP contribution in [0.5, 0.6) is 0 Å². The first-order valence-corrected chi connectivity index (χ1v) is 10.5. The van der Waals surface area contributed by atoms with Gasteiger partial charge in [0.2, 0.25) is 0 Å². The quantitative estimate of drug-likeness (QED) is 0.454. The van der Waals surface area contributed by atoms with Crippen molar-refractivity contribution in [3.63, 3.8) is 0 Å². The van der Waals surface area contributed by atoms with E-state index in [9.17, 15) is 5.11 Å². The number of aryl methyl sites for hydroxylation is 1. The molecule has 0 saturated heterocycles. The van der Waals surface area contributed by atoms with Crippen LogP contribution in [0.4, 0.5) is 0 Å². The number of aliphatic hydroxyl groups is 1. The number of benzene rings is 2. The Labute approximate surface area is 180 Å². The van der Waals surface area contributed by atoms with Crippen LogP contribution < -0.4 is 0 Å². The molecule has 3 rings (SSSR count). The molecule has 4 nitrogen and oxygen atoms in total. The van der Waals surface area contributed by atoms with Gasteiger partial charge in [0.1, 0.15) is 0 Å². The van der Waals surface area contributed by atoms with Gasteiger partial charge in [-0.3, -0.25) is 4.90 Å². The van der Waals surface area contributed by atoms with E-state index in [-0.39, 0.29) is 0 Å². The molecule has 0 aliphatic rings. The van der Waals surface area contributed by atoms with E-state index in [0.29, 0.717) is 26.3 Å². The van der Waals surface area contributed by atoms with Gasteiger partial charge in [-0.1, -0.05) is 60.7 Å². The average molecular weight is 405 g/mol. The van der Waals surface area contributed by atoms with Crippen molar-refractivity contribution in [1.82, 2.24) is 9.47 Å². The Hall–Kier alpha value is -2.66. The van der Waals surface area contributed by atoms with Gasteiger partial charge in [0.15, 0.2) is 0 Å². The molecule has 1 aromatic heterocycles. The van der Waals surface area contributed by atoms with Gasteiger partial charge >= 0.3 is 0 Å². The molecule has 0 fully saturated rings. The molecule has 30 heavy (non-hydrogen) atoms. The number of hydrogen-bond donors (Lipinski definition) is 1. The summed E-state index contributed by atoms with van der Waals surface area (Å²) in [4.78, 5) is 2.20. The van der Waals surface area contributed by atoms with Gasteiger partial charge in [0, 0.05) is 38.1 Å². The number of nitrogens with zero attached hydrogens (tertiary/aromatic N) is 2. The van der Waals surface area contributed by atoms with Gasteiger partial charge in [0.05, 0.1) is 19.3 Å². The predicted octanol–water partition coefficient (Wildman–Crippen LogP) is 4.41. The molecule has 0 saturated carbocycles. The van der Waals surface area contributed by atoms with Gasteiger partial charge in [-0.05, 0) is 35.7 Å². The highest BCUT2D eigenvalue weighted by Gasteiger charge is 2.14. The third-order valence-corrected chi connectivity index (χ3v) is 5.19. The highest BCUT2D eigenvalue weighted by Crippen LogP contribution is 2.14. The number of aliphatic hydroxyl groups excluding tert-OH is 1. The third-order valence-electron chi connectivity index (χ3n) is 5.19. The Kier molecular flexibility index (Phi) is 8.45. The SMILES string of the molecule is C=CCN(Cc1cccn1Cc1ccccc1C)C[C@@H](O)COCc1ccccc1. The van der Waals surface area contributed by atoms with E-state index in [1.807, 2.05) is 36.4 Å². The van der Waals surface area contributed by atoms with Crippen molar-refractivity contribution in [3.8, 4) is 0 Å². The molecule has 1 atom stereocenters. The fraction of sp³-hybridized carbons (Fsp3) is 0.308. The summed E-state index contributed by atoms with van der Waals surface area (Å²) >= 11 is 0. The minimum Gasteiger partial charge on any atom is -0.389 e. The Bertz CT molecular complexity index is 904. The molecule has 0 aliphatic carbocycles. The largest absolute Gasteiger partial charge is 0.389 e. The lowest BCUT2D eigenvalue weighted by Crippen LogP contribution is -2.35. The molecule has 2 aromatic carbocycles. The van der Waals surface area contributed by atoms with E-state index in [2.05, 4.69) is 65.6 Å². The summed E-state index contributed by atoms with van der Waals surface area (Å²) in [5.41, 5.74) is 4.95. The summed E-state index contributed by atoms with van der Waals surface area (Å²) in [6.07, 6.45) is 3.45. The van der Waals surface area contributed by atoms with Gasteiger partial charge in [-0.15, -0.1) is 6.58 Å². The van der Waals surface area contributed by atoms with Gasteiger partial charge in [-0.25, -0.2) is 0 Å². The van der Waals surface area contributed by atoms with Gasteiger partial charge in [0.25, 0.3) is 0 Å². The second-order valence-electron chi connectivity index (χ2n) is 7.69. The minimum absolute atomic E-state index is 0.312. The van der Waals surface area contributed by atoms with E-state index >= 15 is 0 Å². The van der Waals surface area contributed by atoms with E-state index in [1.165, 1.54) is 16.8 Å². The molecule has 1 N–H and O–H groups in total. The lowest BCUT2D eigenvalue weighted by Gasteiger charge is -2.24. The van der Waals surface area contributed by atoms with Crippen LogP contribution in [-0.2, 0) is 24.4 Å². The summed E-state index contributed by atoms with van der Waals surface area (Å²) in [7, 11) is 0. The van der Waals surface area contributed by atoms with Crippen molar-refractivity contribution in [2.45, 2.75) is 32.7 Å². The Morgan fingerprint density at radius 2 is 1.83 bits per heavy atom. The zero-order chi connectivity index (χ0) is 21.2. The fourth-order valence-corrected chi connectivity index (χ4v) is 3.57. The fourth-order valence-electron chi connectivity index (χ4n) is 3.57. The maximum Gasteiger partial charge on any atom is 0.0900 e. The van der Waals surface area contributed by atoms with E-state index < -0.39 is 6.10 Å². The predicted molar refractivity (Wildman–Crippen MR) is 122 cm³/mol. The van der Waals surface area contributed by atoms with E-state index in [0.717, 1.165) is 18.7 Å². The highest BCUT2D eigenvalue weighted by molar-refractivity contribution is 5.26. The lowest BCUT2D eigenvalue weighted by atomic mass is 10.1. The average Bonchev–Trinajstić information content (AvgIpc) is 3.17. The van der Waals surface area contributed by atoms with Crippen LogP contribution in [0.2, 0.25) is 0 Å². The topological polar surface area (TPSA) is 37.6 Å². The van der Waals surface area contributed by atoms with Crippen molar-refractivity contribution >= 4 is 0 Å². The summed E-state index contributed by atoms with van der Waals surface area (Å²) in [6, 6.07) is 22.7. The third kappa shape index (κ3) is 6.70. The first-order chi connectivity index (χ1) is 14.7. The molecular weight excluding hydrogens is 372 g/mol. The second-order valence-corrected chi connectivity index (χ2v) is 7.69. The lowest BCUT2D eigenvalue weighted by molar-refractivity contribution is 0.0101. The smallest absolute Gasteiger partial charge is 0.0900 e. The Balaban J connectivity index is 1.54. The minimum atomic E-state index is -0.548.